The molecule has 14 nitrogen and oxygen atoms in total. The number of nitrogens with zero attached hydrogens (tertiary/aromatic N) is 6. The molecule has 7 rings (SSSR count). The number of piperidine rings is 1. The van der Waals surface area contributed by atoms with Gasteiger partial charge in [0.2, 0.25) is 10.0 Å². The summed E-state index contributed by atoms with van der Waals surface area (Å²) in [7, 11) is -3.44. The van der Waals surface area contributed by atoms with Crippen molar-refractivity contribution in [1.82, 2.24) is 25.1 Å². The van der Waals surface area contributed by atoms with Gasteiger partial charge in [-0.1, -0.05) is 6.07 Å². The van der Waals surface area contributed by atoms with Gasteiger partial charge >= 0.3 is 6.09 Å². The molecule has 0 bridgehead atoms. The molecule has 0 radical (unpaired) electrons. The fraction of sp³-hybridized carbons (Fsp3) is 0.647. The third-order valence-corrected chi connectivity index (χ3v) is 10.7. The highest BCUT2D eigenvalue weighted by molar-refractivity contribution is 7.92. The number of benzene rings is 1. The lowest BCUT2D eigenvalue weighted by molar-refractivity contribution is -0.0368. The standard InChI is InChI=1S/C34H48N8O6S/c1-22-29(37-32(43)48-33(2,3)4)34(21-47-22)14-17-40(18-15-34)26-20-35-28-30(36-26)42(27-13-6-7-19-46-27)38-31(28)41-16-9-10-23-24(39-49(5,44)45)11-8-12-25(23)41/h8,11-12,20,22,27,29,39H,6-7,9-10,13-19,21H2,1-5H3,(H,37,43)/t22-,27?,29+/m0/s1. The van der Waals surface area contributed by atoms with Gasteiger partial charge in [-0.25, -0.2) is 27.9 Å². The Morgan fingerprint density at radius 3 is 2.61 bits per heavy atom. The first-order valence-corrected chi connectivity index (χ1v) is 19.3. The Labute approximate surface area is 287 Å². The second-order valence-corrected chi connectivity index (χ2v) is 16.7. The number of nitrogens with one attached hydrogen (secondary N) is 2. The van der Waals surface area contributed by atoms with E-state index in [4.69, 9.17) is 29.3 Å². The number of carbonyl (C=O) groups excluding carboxylic acids is 1. The first-order valence-electron chi connectivity index (χ1n) is 17.4. The molecule has 15 heteroatoms. The molecule has 1 amide bonds. The van der Waals surface area contributed by atoms with E-state index in [2.05, 4.69) is 19.8 Å². The van der Waals surface area contributed by atoms with Gasteiger partial charge < -0.3 is 29.3 Å². The number of ether oxygens (including phenoxy) is 3. The van der Waals surface area contributed by atoms with Gasteiger partial charge in [0.1, 0.15) is 11.4 Å². The number of anilines is 4. The molecule has 4 aliphatic rings. The number of alkyl carbamates (subject to hydrolysis) is 1. The summed E-state index contributed by atoms with van der Waals surface area (Å²) in [6, 6.07) is 5.53. The van der Waals surface area contributed by atoms with Gasteiger partial charge in [0.05, 0.1) is 36.9 Å². The third kappa shape index (κ3) is 6.89. The molecule has 2 N–H and O–H groups in total. The van der Waals surface area contributed by atoms with Crippen molar-refractivity contribution in [2.24, 2.45) is 5.41 Å². The quantitative estimate of drug-likeness (QED) is 0.363. The smallest absolute Gasteiger partial charge is 0.407 e. The van der Waals surface area contributed by atoms with Crippen LogP contribution in [0.3, 0.4) is 0 Å². The molecule has 3 atom stereocenters. The van der Waals surface area contributed by atoms with E-state index in [9.17, 15) is 13.2 Å². The van der Waals surface area contributed by atoms with Gasteiger partial charge in [-0.15, -0.1) is 5.10 Å². The van der Waals surface area contributed by atoms with Gasteiger partial charge in [0.15, 0.2) is 23.2 Å². The number of amides is 1. The van der Waals surface area contributed by atoms with Gasteiger partial charge in [-0.3, -0.25) is 4.72 Å². The van der Waals surface area contributed by atoms with Crippen LogP contribution < -0.4 is 19.8 Å². The average molecular weight is 697 g/mol. The van der Waals surface area contributed by atoms with Crippen LogP contribution in [0.25, 0.3) is 11.2 Å². The van der Waals surface area contributed by atoms with Crippen molar-refractivity contribution >= 4 is 50.3 Å². The van der Waals surface area contributed by atoms with Crippen LogP contribution >= 0.6 is 0 Å². The number of hydrogen-bond acceptors (Lipinski definition) is 11. The molecular weight excluding hydrogens is 648 g/mol. The normalized spacial score (nSPS) is 24.2. The van der Waals surface area contributed by atoms with E-state index >= 15 is 0 Å². The Hall–Kier alpha value is -3.69. The molecule has 3 fully saturated rings. The van der Waals surface area contributed by atoms with Gasteiger partial charge in [-0.05, 0) is 84.8 Å². The fourth-order valence-corrected chi connectivity index (χ4v) is 8.39. The van der Waals surface area contributed by atoms with E-state index in [0.29, 0.717) is 42.4 Å². The van der Waals surface area contributed by atoms with E-state index in [-0.39, 0.29) is 23.8 Å². The van der Waals surface area contributed by atoms with Crippen molar-refractivity contribution in [2.45, 2.75) is 96.6 Å². The molecule has 1 unspecified atom stereocenters. The van der Waals surface area contributed by atoms with Crippen LogP contribution in [0.15, 0.2) is 24.4 Å². The highest BCUT2D eigenvalue weighted by atomic mass is 32.2. The number of aromatic nitrogens is 4. The monoisotopic (exact) mass is 696 g/mol. The second kappa shape index (κ2) is 12.9. The van der Waals surface area contributed by atoms with Gasteiger partial charge in [0.25, 0.3) is 0 Å². The Bertz CT molecular complexity index is 1810. The Morgan fingerprint density at radius 1 is 1.10 bits per heavy atom. The number of carbonyl (C=O) groups is 1. The molecule has 266 valence electrons. The van der Waals surface area contributed by atoms with Crippen LogP contribution in [0.1, 0.15) is 78.0 Å². The molecule has 2 aromatic heterocycles. The summed E-state index contributed by atoms with van der Waals surface area (Å²) in [6.45, 7) is 11.0. The van der Waals surface area contributed by atoms with Crippen molar-refractivity contribution in [1.29, 1.82) is 0 Å². The summed E-state index contributed by atoms with van der Waals surface area (Å²) in [6.07, 6.45) is 8.32. The summed E-state index contributed by atoms with van der Waals surface area (Å²) in [4.78, 5) is 27.3. The fourth-order valence-electron chi connectivity index (χ4n) is 7.80. The predicted octanol–water partition coefficient (Wildman–Crippen LogP) is 4.88. The van der Waals surface area contributed by atoms with Crippen LogP contribution in [-0.4, -0.2) is 91.1 Å². The molecule has 49 heavy (non-hydrogen) atoms. The summed E-state index contributed by atoms with van der Waals surface area (Å²) in [5, 5.41) is 8.25. The van der Waals surface area contributed by atoms with Crippen molar-refractivity contribution in [2.75, 3.05) is 53.6 Å². The van der Waals surface area contributed by atoms with E-state index in [0.717, 1.165) is 75.1 Å². The third-order valence-electron chi connectivity index (χ3n) is 10.1. The van der Waals surface area contributed by atoms with Crippen LogP contribution in [-0.2, 0) is 30.7 Å². The minimum Gasteiger partial charge on any atom is -0.444 e. The Kier molecular flexibility index (Phi) is 8.89. The van der Waals surface area contributed by atoms with E-state index in [1.165, 1.54) is 6.26 Å². The van der Waals surface area contributed by atoms with Crippen LogP contribution in [0.5, 0.6) is 0 Å². The highest BCUT2D eigenvalue weighted by Gasteiger charge is 2.50. The SMILES string of the molecule is C[C@@H]1OCC2(CCN(c3cnc4c(N5CCCc6c(NS(C)(=O)=O)cccc65)nn(C5CCCCO5)c4n3)CC2)[C@@H]1NC(=O)OC(C)(C)C. The van der Waals surface area contributed by atoms with Crippen molar-refractivity contribution in [3.05, 3.63) is 30.0 Å². The van der Waals surface area contributed by atoms with Gasteiger partial charge in [0, 0.05) is 42.9 Å². The average Bonchev–Trinajstić information content (AvgIpc) is 3.57. The minimum absolute atomic E-state index is 0.114. The molecule has 0 aliphatic carbocycles. The summed E-state index contributed by atoms with van der Waals surface area (Å²) in [5.74, 6) is 1.46. The zero-order valence-corrected chi connectivity index (χ0v) is 29.9. The lowest BCUT2D eigenvalue weighted by Gasteiger charge is -2.42. The first kappa shape index (κ1) is 33.8. The maximum atomic E-state index is 12.7. The summed E-state index contributed by atoms with van der Waals surface area (Å²) < 4.78 is 46.8. The Balaban J connectivity index is 1.18. The maximum absolute atomic E-state index is 12.7. The molecule has 1 aromatic carbocycles. The minimum atomic E-state index is -3.44. The summed E-state index contributed by atoms with van der Waals surface area (Å²) >= 11 is 0. The number of rotatable bonds is 6. The predicted molar refractivity (Wildman–Crippen MR) is 187 cm³/mol. The van der Waals surface area contributed by atoms with Crippen LogP contribution in [0.4, 0.5) is 27.8 Å². The molecular formula is C34H48N8O6S. The van der Waals surface area contributed by atoms with Crippen molar-refractivity contribution in [3.63, 3.8) is 0 Å². The van der Waals surface area contributed by atoms with E-state index < -0.39 is 21.7 Å². The first-order chi connectivity index (χ1) is 23.3. The highest BCUT2D eigenvalue weighted by Crippen LogP contribution is 2.44. The molecule has 3 saturated heterocycles. The molecule has 3 aromatic rings. The largest absolute Gasteiger partial charge is 0.444 e. The van der Waals surface area contributed by atoms with Crippen molar-refractivity contribution in [3.8, 4) is 0 Å². The molecule has 4 aliphatic heterocycles. The number of sulfonamides is 1. The number of fused-ring (bicyclic) bond motifs is 2. The molecule has 1 spiro atoms. The summed E-state index contributed by atoms with van der Waals surface area (Å²) in [5.41, 5.74) is 3.01. The van der Waals surface area contributed by atoms with Crippen LogP contribution in [0, 0.1) is 5.41 Å². The maximum Gasteiger partial charge on any atom is 0.407 e. The lowest BCUT2D eigenvalue weighted by atomic mass is 9.73. The van der Waals surface area contributed by atoms with Crippen LogP contribution in [0.2, 0.25) is 0 Å². The lowest BCUT2D eigenvalue weighted by Crippen LogP contribution is -2.55. The topological polar surface area (TPSA) is 153 Å². The Morgan fingerprint density at radius 2 is 1.90 bits per heavy atom. The molecule has 0 saturated carbocycles. The zero-order chi connectivity index (χ0) is 34.6. The second-order valence-electron chi connectivity index (χ2n) is 14.9. The van der Waals surface area contributed by atoms with Gasteiger partial charge in [-0.2, -0.15) is 0 Å². The van der Waals surface area contributed by atoms with E-state index in [1.54, 1.807) is 6.07 Å². The zero-order valence-electron chi connectivity index (χ0n) is 29.1. The van der Waals surface area contributed by atoms with E-state index in [1.807, 2.05) is 50.7 Å². The molecule has 6 heterocycles. The van der Waals surface area contributed by atoms with Crippen molar-refractivity contribution < 1.29 is 27.4 Å². The number of hydrogen-bond donors (Lipinski definition) is 2.